The molecule has 3 fully saturated rings. The fourth-order valence-corrected chi connectivity index (χ4v) is 10.3. The van der Waals surface area contributed by atoms with Gasteiger partial charge in [0.1, 0.15) is 6.54 Å². The number of nitrogens with zero attached hydrogens (tertiary/aromatic N) is 2. The molecule has 200 valence electrons. The highest BCUT2D eigenvalue weighted by atomic mass is 35.5. The lowest BCUT2D eigenvalue weighted by atomic mass is 9.93. The summed E-state index contributed by atoms with van der Waals surface area (Å²) >= 11 is 16.6. The van der Waals surface area contributed by atoms with Crippen molar-refractivity contribution in [1.82, 2.24) is 4.90 Å². The van der Waals surface area contributed by atoms with Crippen molar-refractivity contribution in [3.63, 3.8) is 0 Å². The van der Waals surface area contributed by atoms with Crippen LogP contribution in [0.15, 0.2) is 11.1 Å². The Morgan fingerprint density at radius 3 is 2.23 bits per heavy atom. The second kappa shape index (κ2) is 11.6. The number of alkyl halides is 2. The van der Waals surface area contributed by atoms with Crippen molar-refractivity contribution in [3.8, 4) is 0 Å². The predicted octanol–water partition coefficient (Wildman–Crippen LogP) is 3.65. The predicted molar refractivity (Wildman–Crippen MR) is 144 cm³/mol. The zero-order chi connectivity index (χ0) is 25.4. The number of halogens is 2. The molecule has 6 atom stereocenters. The maximum Gasteiger partial charge on any atom is 0.265 e. The van der Waals surface area contributed by atoms with E-state index in [1.54, 1.807) is 0 Å². The van der Waals surface area contributed by atoms with Crippen molar-refractivity contribution in [2.24, 2.45) is 0 Å². The Kier molecular flexibility index (Phi) is 9.38. The average Bonchev–Trinajstić information content (AvgIpc) is 3.24. The van der Waals surface area contributed by atoms with Crippen molar-refractivity contribution < 1.29 is 30.5 Å². The van der Waals surface area contributed by atoms with Gasteiger partial charge < -0.3 is 4.90 Å². The number of rotatable bonds is 9. The first-order valence-electron chi connectivity index (χ1n) is 12.0. The van der Waals surface area contributed by atoms with Gasteiger partial charge in [0, 0.05) is 47.5 Å². The standard InChI is InChI=1S/C21H32Cl2N2O6S4/c22-14-3-5-18-16(11-14)24(7-1-9-34(26,27)28)20(32-18)13-21-25(8-2-10-35(29,30)31)17-12-15(23)4-6-19(17)33-21/h13-19H,1-12H2,(H-,26,27,28,29,30,31)/p+1. The lowest BCUT2D eigenvalue weighted by molar-refractivity contribution is -0.561. The van der Waals surface area contributed by atoms with Crippen LogP contribution in [0.1, 0.15) is 51.4 Å². The van der Waals surface area contributed by atoms with E-state index >= 15 is 0 Å². The number of hydrogen-bond donors (Lipinski definition) is 2. The zero-order valence-electron chi connectivity index (χ0n) is 19.3. The molecule has 2 N–H and O–H groups in total. The highest BCUT2D eigenvalue weighted by Gasteiger charge is 2.47. The molecule has 0 aromatic carbocycles. The Labute approximate surface area is 226 Å². The maximum atomic E-state index is 11.3. The minimum Gasteiger partial charge on any atom is -0.362 e. The zero-order valence-corrected chi connectivity index (χ0v) is 24.1. The van der Waals surface area contributed by atoms with Crippen molar-refractivity contribution in [3.05, 3.63) is 11.1 Å². The van der Waals surface area contributed by atoms with E-state index in [0.717, 1.165) is 48.6 Å². The summed E-state index contributed by atoms with van der Waals surface area (Å²) in [4.78, 5) is 2.26. The molecule has 1 saturated heterocycles. The largest absolute Gasteiger partial charge is 0.362 e. The minimum absolute atomic E-state index is 0.0919. The first kappa shape index (κ1) is 28.3. The summed E-state index contributed by atoms with van der Waals surface area (Å²) in [6.07, 6.45) is 8.39. The summed E-state index contributed by atoms with van der Waals surface area (Å²) in [5, 5.41) is 3.10. The smallest absolute Gasteiger partial charge is 0.265 e. The van der Waals surface area contributed by atoms with Crippen molar-refractivity contribution in [2.75, 3.05) is 24.6 Å². The van der Waals surface area contributed by atoms with Gasteiger partial charge in [-0.25, -0.2) is 4.58 Å². The van der Waals surface area contributed by atoms with Gasteiger partial charge in [0.15, 0.2) is 6.04 Å². The lowest BCUT2D eigenvalue weighted by Crippen LogP contribution is -2.40. The van der Waals surface area contributed by atoms with E-state index < -0.39 is 20.2 Å². The summed E-state index contributed by atoms with van der Waals surface area (Å²) in [5.41, 5.74) is 0. The van der Waals surface area contributed by atoms with Crippen LogP contribution in [0.4, 0.5) is 0 Å². The van der Waals surface area contributed by atoms with Gasteiger partial charge in [0.2, 0.25) is 5.04 Å². The molecule has 8 nitrogen and oxygen atoms in total. The average molecular weight is 609 g/mol. The molecule has 4 rings (SSSR count). The van der Waals surface area contributed by atoms with Crippen LogP contribution in [0, 0.1) is 0 Å². The third-order valence-electron chi connectivity index (χ3n) is 7.14. The van der Waals surface area contributed by atoms with E-state index in [1.165, 1.54) is 0 Å². The van der Waals surface area contributed by atoms with Gasteiger partial charge in [-0.1, -0.05) is 0 Å². The summed E-state index contributed by atoms with van der Waals surface area (Å²) in [6, 6.07) is 0.441. The van der Waals surface area contributed by atoms with Gasteiger partial charge in [0.25, 0.3) is 20.2 Å². The Morgan fingerprint density at radius 1 is 0.914 bits per heavy atom. The first-order valence-corrected chi connectivity index (χ1v) is 17.9. The quantitative estimate of drug-likeness (QED) is 0.230. The molecule has 4 aliphatic rings. The molecule has 2 aliphatic carbocycles. The molecule has 2 heterocycles. The van der Waals surface area contributed by atoms with Gasteiger partial charge >= 0.3 is 0 Å². The number of fused-ring (bicyclic) bond motifs is 2. The van der Waals surface area contributed by atoms with Gasteiger partial charge in [-0.15, -0.1) is 35.0 Å². The van der Waals surface area contributed by atoms with Crippen molar-refractivity contribution in [2.45, 2.75) is 84.7 Å². The Hall–Kier alpha value is 0.310. The van der Waals surface area contributed by atoms with Crippen molar-refractivity contribution in [1.29, 1.82) is 0 Å². The second-order valence-electron chi connectivity index (χ2n) is 9.75. The Balaban J connectivity index is 1.60. The van der Waals surface area contributed by atoms with Crippen LogP contribution in [0.5, 0.6) is 0 Å². The van der Waals surface area contributed by atoms with Crippen LogP contribution in [0.25, 0.3) is 0 Å². The van der Waals surface area contributed by atoms with Crippen LogP contribution in [0.3, 0.4) is 0 Å². The van der Waals surface area contributed by atoms with Crippen LogP contribution >= 0.6 is 46.7 Å². The lowest BCUT2D eigenvalue weighted by Gasteiger charge is -2.34. The third kappa shape index (κ3) is 7.68. The van der Waals surface area contributed by atoms with Gasteiger partial charge in [-0.2, -0.15) is 16.8 Å². The molecule has 0 amide bonds. The van der Waals surface area contributed by atoms with Crippen LogP contribution < -0.4 is 0 Å². The number of hydrogen-bond acceptors (Lipinski definition) is 7. The fourth-order valence-electron chi connectivity index (χ4n) is 5.57. The van der Waals surface area contributed by atoms with Crippen LogP contribution in [-0.4, -0.2) is 98.4 Å². The van der Waals surface area contributed by atoms with E-state index in [-0.39, 0.29) is 34.3 Å². The molecule has 0 aromatic heterocycles. The number of thioether (sulfide) groups is 2. The fraction of sp³-hybridized carbons (Fsp3) is 0.857. The van der Waals surface area contributed by atoms with E-state index in [4.69, 9.17) is 23.2 Å². The van der Waals surface area contributed by atoms with E-state index in [1.807, 2.05) is 23.5 Å². The molecular weight excluding hydrogens is 575 g/mol. The summed E-state index contributed by atoms with van der Waals surface area (Å²) in [6.45, 7) is 1.03. The third-order valence-corrected chi connectivity index (χ3v) is 12.4. The molecule has 0 spiro atoms. The molecule has 0 radical (unpaired) electrons. The highest BCUT2D eigenvalue weighted by Crippen LogP contribution is 2.48. The topological polar surface area (TPSA) is 115 Å². The molecule has 2 aliphatic heterocycles. The van der Waals surface area contributed by atoms with E-state index in [2.05, 4.69) is 15.6 Å². The van der Waals surface area contributed by atoms with Gasteiger partial charge in [0.05, 0.1) is 21.8 Å². The minimum atomic E-state index is -4.03. The molecule has 14 heteroatoms. The second-order valence-corrected chi connectivity index (χ2v) is 16.7. The summed E-state index contributed by atoms with van der Waals surface area (Å²) in [5.74, 6) is -0.561. The molecule has 2 saturated carbocycles. The van der Waals surface area contributed by atoms with E-state index in [9.17, 15) is 25.9 Å². The normalized spacial score (nSPS) is 35.0. The molecule has 0 aromatic rings. The Morgan fingerprint density at radius 2 is 1.54 bits per heavy atom. The van der Waals surface area contributed by atoms with Gasteiger partial charge in [-0.3, -0.25) is 9.11 Å². The molecule has 0 bridgehead atoms. The highest BCUT2D eigenvalue weighted by molar-refractivity contribution is 8.15. The first-order chi connectivity index (χ1) is 16.4. The summed E-state index contributed by atoms with van der Waals surface area (Å²) in [7, 11) is -8.05. The van der Waals surface area contributed by atoms with Crippen LogP contribution in [0.2, 0.25) is 0 Å². The maximum absolute atomic E-state index is 11.3. The van der Waals surface area contributed by atoms with Crippen LogP contribution in [-0.2, 0) is 20.2 Å². The van der Waals surface area contributed by atoms with Crippen molar-refractivity contribution >= 4 is 72.0 Å². The molecule has 35 heavy (non-hydrogen) atoms. The Bertz CT molecular complexity index is 1070. The van der Waals surface area contributed by atoms with Gasteiger partial charge in [-0.05, 0) is 50.3 Å². The monoisotopic (exact) mass is 607 g/mol. The molecular formula is C21H33Cl2N2O6S4+. The summed E-state index contributed by atoms with van der Waals surface area (Å²) < 4.78 is 65.8. The molecule has 6 unspecified atom stereocenters. The van der Waals surface area contributed by atoms with E-state index in [0.29, 0.717) is 36.4 Å². The SMILES string of the molecule is O=S(=O)(O)CCCN1C(=CC2=[N+](CCCS(=O)(=O)O)C3CC(Cl)CCC3S2)SC2CCC(Cl)CC21.